The second-order valence-electron chi connectivity index (χ2n) is 5.15. The maximum absolute atomic E-state index is 10.7. The molecular formula is C10H16N4O2. The summed E-state index contributed by atoms with van der Waals surface area (Å²) in [5, 5.41) is 18.0. The van der Waals surface area contributed by atoms with Crippen molar-refractivity contribution in [2.45, 2.75) is 32.2 Å². The Morgan fingerprint density at radius 1 is 1.56 bits per heavy atom. The fourth-order valence-corrected chi connectivity index (χ4v) is 1.76. The van der Waals surface area contributed by atoms with E-state index in [0.29, 0.717) is 0 Å². The molecule has 6 heteroatoms. The summed E-state index contributed by atoms with van der Waals surface area (Å²) in [6, 6.07) is 1.83. The van der Waals surface area contributed by atoms with Gasteiger partial charge >= 0.3 is 5.82 Å². The van der Waals surface area contributed by atoms with Gasteiger partial charge in [-0.25, -0.2) is 0 Å². The van der Waals surface area contributed by atoms with Gasteiger partial charge in [-0.1, -0.05) is 20.8 Å². The highest BCUT2D eigenvalue weighted by molar-refractivity contribution is 5.27. The Morgan fingerprint density at radius 3 is 2.56 bits per heavy atom. The third kappa shape index (κ3) is 1.80. The Bertz CT molecular complexity index is 415. The van der Waals surface area contributed by atoms with E-state index in [1.807, 2.05) is 20.8 Å². The summed E-state index contributed by atoms with van der Waals surface area (Å²) in [5.74, 6) is -0.0585. The molecule has 1 N–H and O–H groups in total. The molecule has 1 aliphatic heterocycles. The van der Waals surface area contributed by atoms with Crippen LogP contribution >= 0.6 is 0 Å². The predicted octanol–water partition coefficient (Wildman–Crippen LogP) is 1.23. The molecule has 0 amide bonds. The first-order valence-corrected chi connectivity index (χ1v) is 5.35. The molecule has 16 heavy (non-hydrogen) atoms. The van der Waals surface area contributed by atoms with E-state index in [2.05, 4.69) is 10.4 Å². The normalized spacial score (nSPS) is 17.2. The van der Waals surface area contributed by atoms with Crippen LogP contribution in [0.5, 0.6) is 0 Å². The largest absolute Gasteiger partial charge is 0.390 e. The van der Waals surface area contributed by atoms with E-state index in [0.717, 1.165) is 18.8 Å². The Balaban J connectivity index is 2.43. The number of hydrogen-bond donors (Lipinski definition) is 1. The van der Waals surface area contributed by atoms with Crippen molar-refractivity contribution in [3.05, 3.63) is 21.9 Å². The summed E-state index contributed by atoms with van der Waals surface area (Å²) in [6.07, 6.45) is 0. The molecule has 1 aromatic rings. The molecule has 0 unspecified atom stereocenters. The van der Waals surface area contributed by atoms with Crippen molar-refractivity contribution < 1.29 is 4.92 Å². The SMILES string of the molecule is CC(C)(C)c1cc([N+](=O)[O-])nn1C1CNC1. The molecule has 6 nitrogen and oxygen atoms in total. The summed E-state index contributed by atoms with van der Waals surface area (Å²) in [6.45, 7) is 7.78. The van der Waals surface area contributed by atoms with Gasteiger partial charge in [0, 0.05) is 18.5 Å². The third-order valence-electron chi connectivity index (χ3n) is 2.78. The van der Waals surface area contributed by atoms with Gasteiger partial charge in [0.25, 0.3) is 0 Å². The van der Waals surface area contributed by atoms with E-state index in [-0.39, 0.29) is 17.3 Å². The van der Waals surface area contributed by atoms with Gasteiger partial charge in [0.15, 0.2) is 0 Å². The fourth-order valence-electron chi connectivity index (χ4n) is 1.76. The average Bonchev–Trinajstić information content (AvgIpc) is 2.44. The van der Waals surface area contributed by atoms with Crippen LogP contribution in [0, 0.1) is 10.1 Å². The first-order chi connectivity index (χ1) is 7.39. The molecule has 0 saturated carbocycles. The number of hydrogen-bond acceptors (Lipinski definition) is 4. The number of rotatable bonds is 2. The monoisotopic (exact) mass is 224 g/mol. The standard InChI is InChI=1S/C10H16N4O2/c1-10(2,3)8-4-9(14(15)16)12-13(8)7-5-11-6-7/h4,7,11H,5-6H2,1-3H3. The van der Waals surface area contributed by atoms with Gasteiger partial charge in [-0.3, -0.25) is 0 Å². The molecule has 0 atom stereocenters. The van der Waals surface area contributed by atoms with Crippen molar-refractivity contribution >= 4 is 5.82 Å². The molecular weight excluding hydrogens is 208 g/mol. The molecule has 0 bridgehead atoms. The number of nitro groups is 1. The molecule has 0 radical (unpaired) electrons. The summed E-state index contributed by atoms with van der Waals surface area (Å²) in [7, 11) is 0. The molecule has 2 heterocycles. The second kappa shape index (κ2) is 3.55. The van der Waals surface area contributed by atoms with Gasteiger partial charge in [0.05, 0.1) is 22.9 Å². The van der Waals surface area contributed by atoms with E-state index in [1.54, 1.807) is 10.7 Å². The molecule has 0 spiro atoms. The molecule has 0 aliphatic carbocycles. The first kappa shape index (κ1) is 11.1. The van der Waals surface area contributed by atoms with Crippen molar-refractivity contribution in [2.75, 3.05) is 13.1 Å². The average molecular weight is 224 g/mol. The third-order valence-corrected chi connectivity index (χ3v) is 2.78. The lowest BCUT2D eigenvalue weighted by molar-refractivity contribution is -0.389. The van der Waals surface area contributed by atoms with E-state index in [4.69, 9.17) is 0 Å². The fraction of sp³-hybridized carbons (Fsp3) is 0.700. The van der Waals surface area contributed by atoms with Crippen LogP contribution in [0.4, 0.5) is 5.82 Å². The van der Waals surface area contributed by atoms with Crippen LogP contribution in [0.2, 0.25) is 0 Å². The molecule has 1 saturated heterocycles. The van der Waals surface area contributed by atoms with Crippen LogP contribution in [0.1, 0.15) is 32.5 Å². The molecule has 1 fully saturated rings. The highest BCUT2D eigenvalue weighted by Gasteiger charge is 2.33. The zero-order valence-electron chi connectivity index (χ0n) is 9.73. The Morgan fingerprint density at radius 2 is 2.19 bits per heavy atom. The Hall–Kier alpha value is -1.43. The summed E-state index contributed by atoms with van der Waals surface area (Å²) in [5.41, 5.74) is 0.794. The van der Waals surface area contributed by atoms with Crippen LogP contribution in [0.15, 0.2) is 6.07 Å². The van der Waals surface area contributed by atoms with Crippen LogP contribution in [0.25, 0.3) is 0 Å². The van der Waals surface area contributed by atoms with E-state index in [1.165, 1.54) is 0 Å². The van der Waals surface area contributed by atoms with Crippen molar-refractivity contribution in [1.29, 1.82) is 0 Å². The highest BCUT2D eigenvalue weighted by Crippen LogP contribution is 2.29. The minimum absolute atomic E-state index is 0.0585. The number of aromatic nitrogens is 2. The lowest BCUT2D eigenvalue weighted by Crippen LogP contribution is -2.45. The minimum Gasteiger partial charge on any atom is -0.358 e. The van der Waals surface area contributed by atoms with Gasteiger partial charge < -0.3 is 15.4 Å². The summed E-state index contributed by atoms with van der Waals surface area (Å²) < 4.78 is 1.80. The van der Waals surface area contributed by atoms with Crippen LogP contribution in [0.3, 0.4) is 0 Å². The van der Waals surface area contributed by atoms with E-state index >= 15 is 0 Å². The van der Waals surface area contributed by atoms with Gasteiger partial charge in [-0.2, -0.15) is 4.68 Å². The zero-order valence-corrected chi connectivity index (χ0v) is 9.73. The zero-order chi connectivity index (χ0) is 11.9. The summed E-state index contributed by atoms with van der Waals surface area (Å²) in [4.78, 5) is 10.3. The van der Waals surface area contributed by atoms with Gasteiger partial charge in [0.1, 0.15) is 0 Å². The van der Waals surface area contributed by atoms with Crippen LogP contribution < -0.4 is 5.32 Å². The van der Waals surface area contributed by atoms with Crippen molar-refractivity contribution in [2.24, 2.45) is 0 Å². The maximum atomic E-state index is 10.7. The second-order valence-corrected chi connectivity index (χ2v) is 5.15. The highest BCUT2D eigenvalue weighted by atomic mass is 16.6. The van der Waals surface area contributed by atoms with Crippen molar-refractivity contribution in [1.82, 2.24) is 15.1 Å². The van der Waals surface area contributed by atoms with Crippen LogP contribution in [-0.4, -0.2) is 27.8 Å². The lowest BCUT2D eigenvalue weighted by atomic mass is 9.91. The van der Waals surface area contributed by atoms with E-state index < -0.39 is 4.92 Å². The lowest BCUT2D eigenvalue weighted by Gasteiger charge is -2.29. The number of nitrogens with one attached hydrogen (secondary N) is 1. The van der Waals surface area contributed by atoms with Crippen LogP contribution in [-0.2, 0) is 5.41 Å². The topological polar surface area (TPSA) is 73.0 Å². The molecule has 1 aromatic heterocycles. The Labute approximate surface area is 93.8 Å². The van der Waals surface area contributed by atoms with Gasteiger partial charge in [-0.15, -0.1) is 0 Å². The molecule has 0 aromatic carbocycles. The quantitative estimate of drug-likeness (QED) is 0.605. The Kier molecular flexibility index (Phi) is 2.46. The molecule has 88 valence electrons. The number of nitrogens with zero attached hydrogens (tertiary/aromatic N) is 3. The first-order valence-electron chi connectivity index (χ1n) is 5.35. The van der Waals surface area contributed by atoms with Gasteiger partial charge in [-0.05, 0) is 4.92 Å². The van der Waals surface area contributed by atoms with E-state index in [9.17, 15) is 10.1 Å². The minimum atomic E-state index is -0.433. The summed E-state index contributed by atoms with van der Waals surface area (Å²) >= 11 is 0. The molecule has 1 aliphatic rings. The van der Waals surface area contributed by atoms with Gasteiger partial charge in [0.2, 0.25) is 0 Å². The van der Waals surface area contributed by atoms with Crippen molar-refractivity contribution in [3.8, 4) is 0 Å². The molecule has 2 rings (SSSR count). The predicted molar refractivity (Wildman–Crippen MR) is 59.5 cm³/mol. The van der Waals surface area contributed by atoms with Crippen molar-refractivity contribution in [3.63, 3.8) is 0 Å². The maximum Gasteiger partial charge on any atom is 0.390 e. The smallest absolute Gasteiger partial charge is 0.358 e.